The van der Waals surface area contributed by atoms with E-state index >= 15 is 0 Å². The van der Waals surface area contributed by atoms with Crippen LogP contribution in [0.15, 0.2) is 0 Å². The molecule has 1 aliphatic heterocycles. The van der Waals surface area contributed by atoms with Gasteiger partial charge in [0.25, 0.3) is 0 Å². The number of hydrogen-bond acceptors (Lipinski definition) is 3. The molecule has 1 aliphatic carbocycles. The van der Waals surface area contributed by atoms with Crippen molar-refractivity contribution in [3.05, 3.63) is 0 Å². The Bertz CT molecular complexity index is 183. The molecule has 3 nitrogen and oxygen atoms in total. The van der Waals surface area contributed by atoms with Gasteiger partial charge < -0.3 is 7.80 Å². The van der Waals surface area contributed by atoms with E-state index in [2.05, 4.69) is 4.90 Å². The molecule has 0 N–H and O–H groups in total. The van der Waals surface area contributed by atoms with Crippen LogP contribution in [0.4, 0.5) is 0 Å². The van der Waals surface area contributed by atoms with Gasteiger partial charge in [-0.2, -0.15) is 0 Å². The molecule has 1 atom stereocenters. The lowest BCUT2D eigenvalue weighted by atomic mass is 9.94. The fourth-order valence-electron chi connectivity index (χ4n) is 2.69. The Labute approximate surface area is 106 Å². The van der Waals surface area contributed by atoms with E-state index in [4.69, 9.17) is 7.80 Å². The highest BCUT2D eigenvalue weighted by Crippen LogP contribution is 2.24. The van der Waals surface area contributed by atoms with E-state index in [0.29, 0.717) is 0 Å². The largest absolute Gasteiger partial charge is 0.373 e. The van der Waals surface area contributed by atoms with Crippen LogP contribution in [0.2, 0.25) is 0 Å². The Hall–Kier alpha value is 0.610. The lowest BCUT2D eigenvalue weighted by molar-refractivity contribution is -0.0594. The van der Waals surface area contributed by atoms with E-state index in [1.54, 1.807) is 0 Å². The lowest BCUT2D eigenvalue weighted by Gasteiger charge is -2.39. The van der Waals surface area contributed by atoms with E-state index in [1.165, 1.54) is 32.1 Å². The Kier molecular flexibility index (Phi) is 5.13. The maximum Gasteiger partial charge on any atom is 0.109 e. The van der Waals surface area contributed by atoms with Crippen LogP contribution in [-0.4, -0.2) is 43.3 Å². The summed E-state index contributed by atoms with van der Waals surface area (Å²) >= 11 is 1.95. The topological polar surface area (TPSA) is 21.7 Å². The number of ether oxygens (including phenoxy) is 1. The number of halogens is 1. The summed E-state index contributed by atoms with van der Waals surface area (Å²) in [6.07, 6.45) is 7.32. The van der Waals surface area contributed by atoms with E-state index in [0.717, 1.165) is 32.3 Å². The molecule has 1 saturated heterocycles. The zero-order chi connectivity index (χ0) is 10.5. The molecule has 0 radical (unpaired) electrons. The minimum Gasteiger partial charge on any atom is -0.373 e. The molecule has 2 rings (SSSR count). The third-order valence-electron chi connectivity index (χ3n) is 3.51. The second-order valence-corrected chi connectivity index (χ2v) is 5.18. The number of rotatable bonds is 3. The Morgan fingerprint density at radius 3 is 2.80 bits per heavy atom. The van der Waals surface area contributed by atoms with Crippen LogP contribution in [-0.2, 0) is 7.80 Å². The van der Waals surface area contributed by atoms with Crippen LogP contribution < -0.4 is 0 Å². The molecule has 0 spiro atoms. The molecule has 0 aromatic carbocycles. The van der Waals surface area contributed by atoms with Gasteiger partial charge in [0.1, 0.15) is 23.0 Å². The fraction of sp³-hybridized carbons (Fsp3) is 1.00. The van der Waals surface area contributed by atoms with Gasteiger partial charge in [0.05, 0.1) is 19.3 Å². The molecule has 88 valence electrons. The second kappa shape index (κ2) is 6.37. The first kappa shape index (κ1) is 12.1. The maximum absolute atomic E-state index is 5.67. The van der Waals surface area contributed by atoms with Gasteiger partial charge in [-0.05, 0) is 12.8 Å². The molecule has 0 bridgehead atoms. The first-order valence-electron chi connectivity index (χ1n) is 5.99. The molecule has 2 fully saturated rings. The smallest absolute Gasteiger partial charge is 0.109 e. The van der Waals surface area contributed by atoms with E-state index < -0.39 is 0 Å². The maximum atomic E-state index is 5.67. The zero-order valence-corrected chi connectivity index (χ0v) is 11.3. The molecule has 4 heteroatoms. The summed E-state index contributed by atoms with van der Waals surface area (Å²) in [6, 6.07) is 0.819. The molecule has 0 aromatic rings. The van der Waals surface area contributed by atoms with Gasteiger partial charge >= 0.3 is 0 Å². The van der Waals surface area contributed by atoms with Crippen LogP contribution >= 0.6 is 23.0 Å². The molecule has 15 heavy (non-hydrogen) atoms. The average molecular weight is 325 g/mol. The van der Waals surface area contributed by atoms with Gasteiger partial charge in [0.2, 0.25) is 0 Å². The van der Waals surface area contributed by atoms with Gasteiger partial charge in [-0.15, -0.1) is 0 Å². The van der Waals surface area contributed by atoms with Crippen LogP contribution in [0.1, 0.15) is 32.1 Å². The molecule has 1 heterocycles. The van der Waals surface area contributed by atoms with Gasteiger partial charge in [-0.1, -0.05) is 19.3 Å². The second-order valence-electron chi connectivity index (χ2n) is 4.56. The molecule has 0 aromatic heterocycles. The van der Waals surface area contributed by atoms with Crippen LogP contribution in [0.5, 0.6) is 0 Å². The zero-order valence-electron chi connectivity index (χ0n) is 9.16. The molecule has 1 saturated carbocycles. The minimum absolute atomic E-state index is 0.289. The summed E-state index contributed by atoms with van der Waals surface area (Å²) in [5.41, 5.74) is 0. The molecule has 1 unspecified atom stereocenters. The van der Waals surface area contributed by atoms with Crippen molar-refractivity contribution in [2.45, 2.75) is 44.2 Å². The summed E-state index contributed by atoms with van der Waals surface area (Å²) in [5, 5.41) is 0. The highest BCUT2D eigenvalue weighted by Gasteiger charge is 2.27. The summed E-state index contributed by atoms with van der Waals surface area (Å²) in [7, 11) is 0. The number of morpholine rings is 1. The number of nitrogens with zero attached hydrogens (tertiary/aromatic N) is 1. The number of hydrogen-bond donors (Lipinski definition) is 0. The van der Waals surface area contributed by atoms with Crippen molar-refractivity contribution >= 4 is 23.0 Å². The summed E-state index contributed by atoms with van der Waals surface area (Å²) in [6.45, 7) is 3.78. The Morgan fingerprint density at radius 1 is 1.27 bits per heavy atom. The monoisotopic (exact) mass is 325 g/mol. The summed E-state index contributed by atoms with van der Waals surface area (Å²) in [5.74, 6) is 0. The lowest BCUT2D eigenvalue weighted by Crippen LogP contribution is -2.49. The van der Waals surface area contributed by atoms with E-state index in [9.17, 15) is 0 Å². The Balaban J connectivity index is 1.80. The predicted octanol–water partition coefficient (Wildman–Crippen LogP) is 2.39. The van der Waals surface area contributed by atoms with Crippen molar-refractivity contribution in [2.24, 2.45) is 0 Å². The fourth-order valence-corrected chi connectivity index (χ4v) is 3.09. The summed E-state index contributed by atoms with van der Waals surface area (Å²) < 4.78 is 10.8. The van der Waals surface area contributed by atoms with Crippen molar-refractivity contribution in [2.75, 3.05) is 26.3 Å². The normalized spacial score (nSPS) is 30.6. The van der Waals surface area contributed by atoms with Crippen LogP contribution in [0, 0.1) is 0 Å². The van der Waals surface area contributed by atoms with Crippen molar-refractivity contribution in [1.29, 1.82) is 0 Å². The average Bonchev–Trinajstić information content (AvgIpc) is 2.31. The highest BCUT2D eigenvalue weighted by molar-refractivity contribution is 14.1. The highest BCUT2D eigenvalue weighted by atomic mass is 127. The van der Waals surface area contributed by atoms with Gasteiger partial charge in [0, 0.05) is 19.1 Å². The molecular weight excluding hydrogens is 305 g/mol. The van der Waals surface area contributed by atoms with Crippen molar-refractivity contribution < 1.29 is 7.80 Å². The molecule has 0 amide bonds. The van der Waals surface area contributed by atoms with E-state index in [1.807, 2.05) is 23.0 Å². The molecular formula is C11H20INO2. The quantitative estimate of drug-likeness (QED) is 0.744. The minimum atomic E-state index is 0.289. The summed E-state index contributed by atoms with van der Waals surface area (Å²) in [4.78, 5) is 2.61. The predicted molar refractivity (Wildman–Crippen MR) is 68.2 cm³/mol. The van der Waals surface area contributed by atoms with Crippen molar-refractivity contribution in [3.8, 4) is 0 Å². The first-order valence-corrected chi connectivity index (χ1v) is 6.87. The Morgan fingerprint density at radius 2 is 2.07 bits per heavy atom. The standard InChI is InChI=1S/C11H20INO2/c12-15-9-11-8-13(6-7-14-11)10-4-2-1-3-5-10/h10-11H,1-9H2. The van der Waals surface area contributed by atoms with Crippen LogP contribution in [0.3, 0.4) is 0 Å². The third-order valence-corrected chi connectivity index (χ3v) is 3.87. The van der Waals surface area contributed by atoms with Crippen molar-refractivity contribution in [1.82, 2.24) is 4.90 Å². The van der Waals surface area contributed by atoms with Crippen molar-refractivity contribution in [3.63, 3.8) is 0 Å². The SMILES string of the molecule is IOCC1CN(C2CCCCC2)CCO1. The van der Waals surface area contributed by atoms with Gasteiger partial charge in [0.15, 0.2) is 0 Å². The third kappa shape index (κ3) is 3.54. The van der Waals surface area contributed by atoms with E-state index in [-0.39, 0.29) is 6.10 Å². The van der Waals surface area contributed by atoms with Crippen LogP contribution in [0.25, 0.3) is 0 Å². The molecule has 2 aliphatic rings. The van der Waals surface area contributed by atoms with Gasteiger partial charge in [-0.3, -0.25) is 4.90 Å². The first-order chi connectivity index (χ1) is 7.40. The van der Waals surface area contributed by atoms with Gasteiger partial charge in [-0.25, -0.2) is 0 Å².